The number of nitrogens with zero attached hydrogens (tertiary/aromatic N) is 3. The number of anilines is 1. The predicted octanol–water partition coefficient (Wildman–Crippen LogP) is 4.68. The lowest BCUT2D eigenvalue weighted by Crippen LogP contribution is -2.49. The van der Waals surface area contributed by atoms with Gasteiger partial charge < -0.3 is 15.0 Å². The number of piperazine rings is 1. The number of benzene rings is 1. The smallest absolute Gasteiger partial charge is 0.410 e. The van der Waals surface area contributed by atoms with Crippen LogP contribution < -0.4 is 5.32 Å². The molecule has 0 bridgehead atoms. The van der Waals surface area contributed by atoms with Crippen LogP contribution in [0.5, 0.6) is 0 Å². The zero-order valence-corrected chi connectivity index (χ0v) is 20.6. The van der Waals surface area contributed by atoms with Crippen LogP contribution in [0.1, 0.15) is 63.2 Å². The van der Waals surface area contributed by atoms with Gasteiger partial charge in [-0.2, -0.15) is 0 Å². The van der Waals surface area contributed by atoms with Gasteiger partial charge in [0.15, 0.2) is 0 Å². The molecule has 7 heteroatoms. The van der Waals surface area contributed by atoms with Gasteiger partial charge in [-0.25, -0.2) is 4.79 Å². The first-order valence-electron chi connectivity index (χ1n) is 11.5. The highest BCUT2D eigenvalue weighted by atomic mass is 16.6. The van der Waals surface area contributed by atoms with E-state index >= 15 is 0 Å². The van der Waals surface area contributed by atoms with Crippen LogP contribution in [0.15, 0.2) is 42.6 Å². The van der Waals surface area contributed by atoms with Crippen molar-refractivity contribution in [2.45, 2.75) is 59.1 Å². The number of rotatable bonds is 4. The van der Waals surface area contributed by atoms with Gasteiger partial charge in [-0.1, -0.05) is 32.9 Å². The van der Waals surface area contributed by atoms with Gasteiger partial charge >= 0.3 is 6.09 Å². The molecule has 0 aliphatic carbocycles. The predicted molar refractivity (Wildman–Crippen MR) is 130 cm³/mol. The van der Waals surface area contributed by atoms with Gasteiger partial charge in [0.05, 0.1) is 11.3 Å². The molecule has 0 saturated carbocycles. The molecule has 1 aromatic carbocycles. The zero-order valence-electron chi connectivity index (χ0n) is 20.6. The van der Waals surface area contributed by atoms with Crippen molar-refractivity contribution in [1.82, 2.24) is 14.8 Å². The summed E-state index contributed by atoms with van der Waals surface area (Å²) in [6.07, 6.45) is 1.36. The van der Waals surface area contributed by atoms with Crippen LogP contribution in [0.4, 0.5) is 10.5 Å². The van der Waals surface area contributed by atoms with Crippen LogP contribution >= 0.6 is 0 Å². The van der Waals surface area contributed by atoms with Crippen molar-refractivity contribution >= 4 is 17.7 Å². The van der Waals surface area contributed by atoms with E-state index in [-0.39, 0.29) is 17.4 Å². The summed E-state index contributed by atoms with van der Waals surface area (Å²) in [7, 11) is 0. The summed E-state index contributed by atoms with van der Waals surface area (Å²) in [5, 5.41) is 2.93. The highest BCUT2D eigenvalue weighted by Crippen LogP contribution is 2.23. The van der Waals surface area contributed by atoms with E-state index in [9.17, 15) is 9.59 Å². The average Bonchev–Trinajstić information content (AvgIpc) is 2.73. The van der Waals surface area contributed by atoms with Gasteiger partial charge in [0.25, 0.3) is 5.91 Å². The molecule has 1 aromatic heterocycles. The number of pyridine rings is 1. The molecule has 1 aliphatic heterocycles. The van der Waals surface area contributed by atoms with Gasteiger partial charge in [-0.15, -0.1) is 0 Å². The zero-order chi connectivity index (χ0) is 24.2. The van der Waals surface area contributed by atoms with Crippen molar-refractivity contribution in [2.75, 3.05) is 31.5 Å². The Bertz CT molecular complexity index is 949. The second-order valence-corrected chi connectivity index (χ2v) is 10.6. The third kappa shape index (κ3) is 7.29. The van der Waals surface area contributed by atoms with Gasteiger partial charge in [-0.3, -0.25) is 14.7 Å². The molecular formula is C26H36N4O3. The number of carbonyl (C=O) groups excluding carboxylic acids is 2. The molecule has 0 radical (unpaired) electrons. The van der Waals surface area contributed by atoms with E-state index in [0.29, 0.717) is 25.2 Å². The number of carbonyl (C=O) groups is 2. The summed E-state index contributed by atoms with van der Waals surface area (Å²) in [6, 6.07) is 11.6. The van der Waals surface area contributed by atoms with Crippen LogP contribution in [0.2, 0.25) is 0 Å². The Kier molecular flexibility index (Phi) is 7.42. The Morgan fingerprint density at radius 2 is 1.58 bits per heavy atom. The minimum Gasteiger partial charge on any atom is -0.444 e. The fourth-order valence-electron chi connectivity index (χ4n) is 3.55. The Hall–Kier alpha value is -2.93. The van der Waals surface area contributed by atoms with E-state index in [4.69, 9.17) is 4.74 Å². The summed E-state index contributed by atoms with van der Waals surface area (Å²) >= 11 is 0. The molecule has 0 atom stereocenters. The molecule has 3 rings (SSSR count). The standard InChI is InChI=1S/C26H36N4O3/c1-25(2,3)20-8-11-21(12-9-20)28-23(31)19-7-10-22(27-17-19)18-29-13-15-30(16-14-29)24(32)33-26(4,5)6/h7-12,17H,13-16,18H2,1-6H3,(H,28,31). The summed E-state index contributed by atoms with van der Waals surface area (Å²) in [4.78, 5) is 33.3. The van der Waals surface area contributed by atoms with Crippen LogP contribution in [-0.4, -0.2) is 58.6 Å². The molecule has 1 N–H and O–H groups in total. The molecule has 178 valence electrons. The van der Waals surface area contributed by atoms with Crippen molar-refractivity contribution in [3.05, 3.63) is 59.4 Å². The lowest BCUT2D eigenvalue weighted by molar-refractivity contribution is 0.0138. The molecule has 2 amide bonds. The Balaban J connectivity index is 1.49. The monoisotopic (exact) mass is 452 g/mol. The molecular weight excluding hydrogens is 416 g/mol. The molecule has 2 aromatic rings. The van der Waals surface area contributed by atoms with E-state index in [2.05, 4.69) is 36.0 Å². The van der Waals surface area contributed by atoms with E-state index in [1.165, 1.54) is 5.56 Å². The fourth-order valence-corrected chi connectivity index (χ4v) is 3.55. The molecule has 2 heterocycles. The van der Waals surface area contributed by atoms with Crippen LogP contribution in [-0.2, 0) is 16.7 Å². The van der Waals surface area contributed by atoms with Crippen molar-refractivity contribution in [3.63, 3.8) is 0 Å². The van der Waals surface area contributed by atoms with Gasteiger partial charge in [-0.05, 0) is 56.0 Å². The highest BCUT2D eigenvalue weighted by molar-refractivity contribution is 6.04. The lowest BCUT2D eigenvalue weighted by atomic mass is 9.87. The molecule has 0 unspecified atom stereocenters. The number of hydrogen-bond donors (Lipinski definition) is 1. The normalized spacial score (nSPS) is 15.3. The first kappa shape index (κ1) is 24.7. The van der Waals surface area contributed by atoms with Crippen LogP contribution in [0.25, 0.3) is 0 Å². The maximum Gasteiger partial charge on any atom is 0.410 e. The van der Waals surface area contributed by atoms with E-state index < -0.39 is 5.60 Å². The first-order valence-corrected chi connectivity index (χ1v) is 11.5. The second-order valence-electron chi connectivity index (χ2n) is 10.6. The molecule has 1 fully saturated rings. The maximum atomic E-state index is 12.6. The summed E-state index contributed by atoms with van der Waals surface area (Å²) in [6.45, 7) is 15.6. The summed E-state index contributed by atoms with van der Waals surface area (Å²) in [5.41, 5.74) is 2.99. The third-order valence-electron chi connectivity index (χ3n) is 5.51. The van der Waals surface area contributed by atoms with Crippen molar-refractivity contribution in [1.29, 1.82) is 0 Å². The Morgan fingerprint density at radius 1 is 0.939 bits per heavy atom. The maximum absolute atomic E-state index is 12.6. The fraction of sp³-hybridized carbons (Fsp3) is 0.500. The first-order chi connectivity index (χ1) is 15.4. The van der Waals surface area contributed by atoms with Gasteiger partial charge in [0.2, 0.25) is 0 Å². The van der Waals surface area contributed by atoms with Crippen LogP contribution in [0, 0.1) is 0 Å². The molecule has 7 nitrogen and oxygen atoms in total. The number of nitrogens with one attached hydrogen (secondary N) is 1. The molecule has 0 spiro atoms. The van der Waals surface area contributed by atoms with E-state index in [1.54, 1.807) is 17.2 Å². The van der Waals surface area contributed by atoms with E-state index in [1.807, 2.05) is 51.1 Å². The van der Waals surface area contributed by atoms with Crippen LogP contribution in [0.3, 0.4) is 0 Å². The summed E-state index contributed by atoms with van der Waals surface area (Å²) < 4.78 is 5.45. The minimum atomic E-state index is -0.484. The summed E-state index contributed by atoms with van der Waals surface area (Å²) in [5.74, 6) is -0.177. The largest absolute Gasteiger partial charge is 0.444 e. The van der Waals surface area contributed by atoms with E-state index in [0.717, 1.165) is 24.5 Å². The number of hydrogen-bond acceptors (Lipinski definition) is 5. The Labute approximate surface area is 197 Å². The van der Waals surface area contributed by atoms with Gasteiger partial charge in [0.1, 0.15) is 5.60 Å². The minimum absolute atomic E-state index is 0.0741. The topological polar surface area (TPSA) is 74.8 Å². The molecule has 33 heavy (non-hydrogen) atoms. The SMILES string of the molecule is CC(C)(C)OC(=O)N1CCN(Cc2ccc(C(=O)Nc3ccc(C(C)(C)C)cc3)cn2)CC1. The lowest BCUT2D eigenvalue weighted by Gasteiger charge is -2.35. The average molecular weight is 453 g/mol. The molecule has 1 saturated heterocycles. The number of amides is 2. The Morgan fingerprint density at radius 3 is 2.09 bits per heavy atom. The number of aromatic nitrogens is 1. The van der Waals surface area contributed by atoms with Crippen molar-refractivity contribution in [2.24, 2.45) is 0 Å². The van der Waals surface area contributed by atoms with Gasteiger partial charge in [0, 0.05) is 44.6 Å². The van der Waals surface area contributed by atoms with Crippen molar-refractivity contribution in [3.8, 4) is 0 Å². The highest BCUT2D eigenvalue weighted by Gasteiger charge is 2.26. The number of ether oxygens (including phenoxy) is 1. The molecule has 1 aliphatic rings. The quantitative estimate of drug-likeness (QED) is 0.729. The third-order valence-corrected chi connectivity index (χ3v) is 5.51. The van der Waals surface area contributed by atoms with Crippen molar-refractivity contribution < 1.29 is 14.3 Å². The second kappa shape index (κ2) is 9.91.